The van der Waals surface area contributed by atoms with Gasteiger partial charge in [-0.3, -0.25) is 4.79 Å². The van der Waals surface area contributed by atoms with E-state index in [0.717, 1.165) is 25.9 Å². The molecule has 0 spiro atoms. The van der Waals surface area contributed by atoms with E-state index in [1.807, 2.05) is 0 Å². The molecule has 1 unspecified atom stereocenters. The molecule has 0 aliphatic carbocycles. The molecule has 1 aliphatic rings. The molecule has 0 aromatic rings. The van der Waals surface area contributed by atoms with Crippen molar-refractivity contribution in [2.24, 2.45) is 0 Å². The maximum Gasteiger partial charge on any atom is 0.316 e. The zero-order valence-corrected chi connectivity index (χ0v) is 8.56. The van der Waals surface area contributed by atoms with Crippen LogP contribution in [0.15, 0.2) is 12.7 Å². The third-order valence-corrected chi connectivity index (χ3v) is 2.57. The van der Waals surface area contributed by atoms with Crippen LogP contribution in [0.3, 0.4) is 0 Å². The largest absolute Gasteiger partial charge is 0.448 e. The van der Waals surface area contributed by atoms with Crippen LogP contribution in [0.4, 0.5) is 0 Å². The number of thiol groups is 1. The van der Waals surface area contributed by atoms with Crippen LogP contribution in [0.5, 0.6) is 0 Å². The highest BCUT2D eigenvalue weighted by atomic mass is 32.1. The second-order valence-electron chi connectivity index (χ2n) is 3.29. The molecule has 0 aromatic heterocycles. The Labute approximate surface area is 83.9 Å². The normalized spacial score (nSPS) is 28.1. The van der Waals surface area contributed by atoms with Crippen molar-refractivity contribution in [1.82, 2.24) is 0 Å². The Hall–Kier alpha value is -0.480. The fourth-order valence-corrected chi connectivity index (χ4v) is 1.64. The molecule has 0 radical (unpaired) electrons. The van der Waals surface area contributed by atoms with Crippen molar-refractivity contribution >= 4 is 18.6 Å². The van der Waals surface area contributed by atoms with E-state index >= 15 is 0 Å². The van der Waals surface area contributed by atoms with Gasteiger partial charge in [-0.05, 0) is 6.08 Å². The Morgan fingerprint density at radius 2 is 2.54 bits per heavy atom. The molecule has 13 heavy (non-hydrogen) atoms. The summed E-state index contributed by atoms with van der Waals surface area (Å²) < 4.78 is 5.31. The predicted molar refractivity (Wildman–Crippen MR) is 53.8 cm³/mol. The Balaban J connectivity index is 2.57. The number of carbonyl (C=O) groups is 1. The number of esters is 1. The average Bonchev–Trinajstić information content (AvgIpc) is 2.19. The summed E-state index contributed by atoms with van der Waals surface area (Å²) in [6.45, 7) is 5.61. The van der Waals surface area contributed by atoms with Gasteiger partial charge in [-0.15, -0.1) is 0 Å². The Morgan fingerprint density at radius 1 is 1.77 bits per heavy atom. The summed E-state index contributed by atoms with van der Waals surface area (Å²) in [4.78, 5) is 11.1. The summed E-state index contributed by atoms with van der Waals surface area (Å²) >= 11 is 3.87. The molecule has 1 aliphatic heterocycles. The summed E-state index contributed by atoms with van der Waals surface area (Å²) in [5, 5.41) is 2.15. The number of hydrogen-bond donors (Lipinski definition) is 2. The smallest absolute Gasteiger partial charge is 0.316 e. The molecule has 2 N–H and O–H groups in total. The SMILES string of the molecule is C=CC1(OC(=O)CS)CCC[NH2+]C1. The third-order valence-electron chi connectivity index (χ3n) is 2.32. The number of piperidine rings is 1. The van der Waals surface area contributed by atoms with Crippen molar-refractivity contribution in [2.75, 3.05) is 18.8 Å². The van der Waals surface area contributed by atoms with E-state index in [-0.39, 0.29) is 11.7 Å². The van der Waals surface area contributed by atoms with Gasteiger partial charge in [0.05, 0.1) is 12.3 Å². The fourth-order valence-electron chi connectivity index (χ4n) is 1.57. The first-order valence-corrected chi connectivity index (χ1v) is 5.14. The molecular formula is C9H16NO2S+. The predicted octanol–water partition coefficient (Wildman–Crippen LogP) is -0.259. The zero-order chi connectivity index (χ0) is 9.73. The molecule has 1 saturated heterocycles. The fraction of sp³-hybridized carbons (Fsp3) is 0.667. The van der Waals surface area contributed by atoms with Crippen LogP contribution in [0.25, 0.3) is 0 Å². The molecule has 1 heterocycles. The molecule has 74 valence electrons. The highest BCUT2D eigenvalue weighted by Crippen LogP contribution is 2.19. The first-order valence-electron chi connectivity index (χ1n) is 4.50. The van der Waals surface area contributed by atoms with Gasteiger partial charge in [-0.2, -0.15) is 12.6 Å². The number of hydrogen-bond acceptors (Lipinski definition) is 3. The maximum atomic E-state index is 11.1. The molecule has 1 fully saturated rings. The maximum absolute atomic E-state index is 11.1. The molecule has 0 saturated carbocycles. The topological polar surface area (TPSA) is 42.9 Å². The van der Waals surface area contributed by atoms with E-state index in [1.165, 1.54) is 0 Å². The zero-order valence-electron chi connectivity index (χ0n) is 7.66. The minimum atomic E-state index is -0.446. The summed E-state index contributed by atoms with van der Waals surface area (Å²) in [5.74, 6) is -0.131. The van der Waals surface area contributed by atoms with E-state index in [0.29, 0.717) is 0 Å². The van der Waals surface area contributed by atoms with Crippen molar-refractivity contribution in [3.63, 3.8) is 0 Å². The highest BCUT2D eigenvalue weighted by Gasteiger charge is 2.35. The van der Waals surface area contributed by atoms with E-state index in [2.05, 4.69) is 24.5 Å². The third kappa shape index (κ3) is 2.74. The Morgan fingerprint density at radius 3 is 3.00 bits per heavy atom. The van der Waals surface area contributed by atoms with E-state index < -0.39 is 5.60 Å². The number of nitrogens with two attached hydrogens (primary N) is 1. The van der Waals surface area contributed by atoms with Gasteiger partial charge in [0, 0.05) is 12.8 Å². The lowest BCUT2D eigenvalue weighted by Gasteiger charge is -2.31. The van der Waals surface area contributed by atoms with Crippen LogP contribution in [0.2, 0.25) is 0 Å². The lowest BCUT2D eigenvalue weighted by Crippen LogP contribution is -2.90. The quantitative estimate of drug-likeness (QED) is 0.376. The van der Waals surface area contributed by atoms with Crippen molar-refractivity contribution in [1.29, 1.82) is 0 Å². The summed E-state index contributed by atoms with van der Waals surface area (Å²) in [5.41, 5.74) is -0.446. The molecular weight excluding hydrogens is 186 g/mol. The molecule has 0 amide bonds. The lowest BCUT2D eigenvalue weighted by molar-refractivity contribution is -0.674. The van der Waals surface area contributed by atoms with Gasteiger partial charge in [0.1, 0.15) is 6.54 Å². The Bertz CT molecular complexity index is 200. The van der Waals surface area contributed by atoms with Crippen LogP contribution in [0, 0.1) is 0 Å². The first-order chi connectivity index (χ1) is 6.22. The standard InChI is InChI=1S/C9H15NO2S/c1-2-9(12-8(11)6-13)4-3-5-10-7-9/h2,10,13H,1,3-7H2/p+1. The first kappa shape index (κ1) is 10.6. The minimum absolute atomic E-state index is 0.135. The van der Waals surface area contributed by atoms with Crippen LogP contribution in [0.1, 0.15) is 12.8 Å². The van der Waals surface area contributed by atoms with Crippen molar-refractivity contribution < 1.29 is 14.8 Å². The average molecular weight is 202 g/mol. The summed E-state index contributed by atoms with van der Waals surface area (Å²) in [6.07, 6.45) is 3.68. The van der Waals surface area contributed by atoms with E-state index in [9.17, 15) is 4.79 Å². The molecule has 3 nitrogen and oxygen atoms in total. The van der Waals surface area contributed by atoms with Crippen molar-refractivity contribution in [2.45, 2.75) is 18.4 Å². The second-order valence-corrected chi connectivity index (χ2v) is 3.60. The van der Waals surface area contributed by atoms with Gasteiger partial charge in [-0.1, -0.05) is 6.58 Å². The Kier molecular flexibility index (Phi) is 3.81. The molecule has 1 atom stereocenters. The highest BCUT2D eigenvalue weighted by molar-refractivity contribution is 7.81. The van der Waals surface area contributed by atoms with Crippen LogP contribution < -0.4 is 5.32 Å². The molecule has 1 rings (SSSR count). The summed E-state index contributed by atoms with van der Waals surface area (Å²) in [7, 11) is 0. The molecule has 0 bridgehead atoms. The van der Waals surface area contributed by atoms with Crippen LogP contribution >= 0.6 is 12.6 Å². The van der Waals surface area contributed by atoms with Gasteiger partial charge in [0.25, 0.3) is 0 Å². The van der Waals surface area contributed by atoms with Gasteiger partial charge < -0.3 is 10.1 Å². The van der Waals surface area contributed by atoms with Crippen molar-refractivity contribution in [3.8, 4) is 0 Å². The molecule has 4 heteroatoms. The lowest BCUT2D eigenvalue weighted by atomic mass is 9.94. The number of rotatable bonds is 3. The monoisotopic (exact) mass is 202 g/mol. The summed E-state index contributed by atoms with van der Waals surface area (Å²) in [6, 6.07) is 0. The van der Waals surface area contributed by atoms with E-state index in [4.69, 9.17) is 4.74 Å². The second kappa shape index (κ2) is 4.67. The molecule has 0 aromatic carbocycles. The van der Waals surface area contributed by atoms with E-state index in [1.54, 1.807) is 6.08 Å². The van der Waals surface area contributed by atoms with Gasteiger partial charge >= 0.3 is 5.97 Å². The van der Waals surface area contributed by atoms with Gasteiger partial charge in [-0.25, -0.2) is 0 Å². The van der Waals surface area contributed by atoms with Gasteiger partial charge in [0.2, 0.25) is 0 Å². The number of carbonyl (C=O) groups excluding carboxylic acids is 1. The van der Waals surface area contributed by atoms with Gasteiger partial charge in [0.15, 0.2) is 5.60 Å². The van der Waals surface area contributed by atoms with Crippen molar-refractivity contribution in [3.05, 3.63) is 12.7 Å². The number of quaternary nitrogens is 1. The minimum Gasteiger partial charge on any atom is -0.448 e. The van der Waals surface area contributed by atoms with Crippen LogP contribution in [-0.2, 0) is 9.53 Å². The number of ether oxygens (including phenoxy) is 1. The van der Waals surface area contributed by atoms with Crippen LogP contribution in [-0.4, -0.2) is 30.4 Å².